The van der Waals surface area contributed by atoms with Crippen LogP contribution in [0.5, 0.6) is 11.5 Å². The Morgan fingerprint density at radius 3 is 2.16 bits per heavy atom. The number of rotatable bonds is 8. The Morgan fingerprint density at radius 1 is 0.638 bits per heavy atom. The molecule has 0 saturated carbocycles. The quantitative estimate of drug-likeness (QED) is 0.154. The number of benzene rings is 6. The molecule has 0 unspecified atom stereocenters. The van der Waals surface area contributed by atoms with Crippen LogP contribution in [0.1, 0.15) is 67.9 Å². The van der Waals surface area contributed by atoms with Gasteiger partial charge in [0.1, 0.15) is 17.3 Å². The third-order valence-corrected chi connectivity index (χ3v) is 11.5. The van der Waals surface area contributed by atoms with Gasteiger partial charge in [0.15, 0.2) is 0 Å². The molecule has 0 N–H and O–H groups in total. The number of hydrogen-bond donors (Lipinski definition) is 0. The van der Waals surface area contributed by atoms with Gasteiger partial charge in [-0.1, -0.05) is 120 Å². The van der Waals surface area contributed by atoms with Gasteiger partial charge in [0.05, 0.1) is 29.1 Å². The molecule has 0 spiro atoms. The maximum Gasteiger partial charge on any atom is 0.137 e. The van der Waals surface area contributed by atoms with E-state index in [0.29, 0.717) is 25.2 Å². The second-order valence-electron chi connectivity index (χ2n) is 17.5. The van der Waals surface area contributed by atoms with Gasteiger partial charge in [0.25, 0.3) is 0 Å². The van der Waals surface area contributed by atoms with Crippen LogP contribution in [0.4, 0.5) is 17.1 Å². The van der Waals surface area contributed by atoms with E-state index in [0.717, 1.165) is 67.5 Å². The van der Waals surface area contributed by atoms with E-state index in [1.807, 2.05) is 30.5 Å². The highest BCUT2D eigenvalue weighted by molar-refractivity contribution is 6.09. The van der Waals surface area contributed by atoms with Crippen LogP contribution in [-0.4, -0.2) is 22.8 Å². The number of nitrogens with zero attached hydrogens (tertiary/aromatic N) is 4. The van der Waals surface area contributed by atoms with Gasteiger partial charge < -0.3 is 14.5 Å². The summed E-state index contributed by atoms with van der Waals surface area (Å²) in [5.41, 5.74) is 11.1. The number of hydrogen-bond acceptors (Lipinski definition) is 4. The molecule has 0 saturated heterocycles. The molecule has 290 valence electrons. The van der Waals surface area contributed by atoms with Crippen molar-refractivity contribution in [3.8, 4) is 28.4 Å². The molecule has 58 heavy (non-hydrogen) atoms. The maximum absolute atomic E-state index is 8.48. The minimum Gasteiger partial charge on any atom is -0.457 e. The van der Waals surface area contributed by atoms with Crippen LogP contribution < -0.4 is 14.5 Å². The van der Waals surface area contributed by atoms with E-state index in [1.165, 1.54) is 16.5 Å². The fourth-order valence-electron chi connectivity index (χ4n) is 8.34. The fourth-order valence-corrected chi connectivity index (χ4v) is 8.34. The summed E-state index contributed by atoms with van der Waals surface area (Å²) < 4.78 is 34.3. The molecule has 6 aromatic carbocycles. The summed E-state index contributed by atoms with van der Waals surface area (Å²) in [7, 11) is 0. The largest absolute Gasteiger partial charge is 0.457 e. The third kappa shape index (κ3) is 7.00. The van der Waals surface area contributed by atoms with Crippen LogP contribution in [0.25, 0.3) is 38.8 Å². The van der Waals surface area contributed by atoms with Crippen LogP contribution in [0.3, 0.4) is 0 Å². The van der Waals surface area contributed by atoms with Crippen molar-refractivity contribution in [2.45, 2.75) is 65.6 Å². The molecule has 0 aliphatic carbocycles. The van der Waals surface area contributed by atoms with Gasteiger partial charge in [-0.25, -0.2) is 4.98 Å². The number of pyridine rings is 1. The van der Waals surface area contributed by atoms with Crippen molar-refractivity contribution in [3.63, 3.8) is 0 Å². The lowest BCUT2D eigenvalue weighted by Gasteiger charge is -2.23. The Hall–Kier alpha value is -6.33. The van der Waals surface area contributed by atoms with E-state index in [2.05, 4.69) is 171 Å². The van der Waals surface area contributed by atoms with Gasteiger partial charge in [0, 0.05) is 45.4 Å². The normalized spacial score (nSPS) is 14.1. The molecule has 0 fully saturated rings. The summed E-state index contributed by atoms with van der Waals surface area (Å²) in [5, 5.41) is 2.31. The number of anilines is 3. The summed E-state index contributed by atoms with van der Waals surface area (Å²) in [6, 6.07) is 50.0. The zero-order valence-corrected chi connectivity index (χ0v) is 34.3. The first-order valence-electron chi connectivity index (χ1n) is 21.8. The molecule has 3 heterocycles. The number of aromatic nitrogens is 2. The van der Waals surface area contributed by atoms with E-state index >= 15 is 0 Å². The topological polar surface area (TPSA) is 33.5 Å². The molecule has 0 bridgehead atoms. The van der Waals surface area contributed by atoms with Crippen molar-refractivity contribution in [2.75, 3.05) is 23.0 Å². The van der Waals surface area contributed by atoms with Crippen LogP contribution >= 0.6 is 0 Å². The molecule has 2 aromatic heterocycles. The van der Waals surface area contributed by atoms with E-state index in [1.54, 1.807) is 6.07 Å². The van der Waals surface area contributed by atoms with Gasteiger partial charge in [-0.2, -0.15) is 0 Å². The average molecular weight is 764 g/mol. The second-order valence-corrected chi connectivity index (χ2v) is 17.5. The van der Waals surface area contributed by atoms with Gasteiger partial charge >= 0.3 is 0 Å². The van der Waals surface area contributed by atoms with E-state index < -0.39 is 6.85 Å². The zero-order valence-electron chi connectivity index (χ0n) is 37.3. The molecular weight excluding hydrogens is 709 g/mol. The standard InChI is InChI=1S/C53H52N4O/c1-36-14-12-18-44(37-22-24-38(25-23-37)52(2,3)4)43(36)29-31-55-35-56(49-21-11-10-20-48(49)55)40-15-13-16-41(33-40)58-42-26-27-46-45-17-8-9-19-47(45)57(50(46)34-42)51-32-39(28-30-54-51)53(5,6)7/h8-28,30,32-34H,29,31,35H2,1-7H3/i1D3. The molecule has 9 rings (SSSR count). The molecular formula is C53H52N4O. The summed E-state index contributed by atoms with van der Waals surface area (Å²) >= 11 is 0. The number of para-hydroxylation sites is 3. The summed E-state index contributed by atoms with van der Waals surface area (Å²) in [6.07, 6.45) is 2.48. The second kappa shape index (κ2) is 14.6. The Kier molecular flexibility index (Phi) is 8.48. The number of fused-ring (bicyclic) bond motifs is 4. The summed E-state index contributed by atoms with van der Waals surface area (Å²) in [4.78, 5) is 9.50. The maximum atomic E-state index is 8.48. The van der Waals surface area contributed by atoms with Crippen LogP contribution in [0, 0.1) is 6.85 Å². The molecule has 1 aliphatic heterocycles. The Labute approximate surface area is 347 Å². The van der Waals surface area contributed by atoms with Crippen molar-refractivity contribution in [3.05, 3.63) is 174 Å². The first-order valence-corrected chi connectivity index (χ1v) is 20.3. The van der Waals surface area contributed by atoms with Crippen molar-refractivity contribution in [1.82, 2.24) is 9.55 Å². The highest BCUT2D eigenvalue weighted by atomic mass is 16.5. The summed E-state index contributed by atoms with van der Waals surface area (Å²) in [5.74, 6) is 2.35. The van der Waals surface area contributed by atoms with Gasteiger partial charge in [-0.05, 0) is 112 Å². The highest BCUT2D eigenvalue weighted by Crippen LogP contribution is 2.43. The number of ether oxygens (including phenoxy) is 1. The molecule has 8 aromatic rings. The lowest BCUT2D eigenvalue weighted by Crippen LogP contribution is -2.30. The van der Waals surface area contributed by atoms with Crippen LogP contribution in [0.2, 0.25) is 0 Å². The Balaban J connectivity index is 1.00. The minimum atomic E-state index is -2.23. The van der Waals surface area contributed by atoms with Crippen molar-refractivity contribution >= 4 is 38.9 Å². The lowest BCUT2D eigenvalue weighted by molar-refractivity contribution is 0.483. The van der Waals surface area contributed by atoms with Crippen LogP contribution in [-0.2, 0) is 17.3 Å². The minimum absolute atomic E-state index is 0.0172. The SMILES string of the molecule is [2H]C([2H])([2H])c1cccc(-c2ccc(C(C)(C)C)cc2)c1CCN1CN(c2cccc(Oc3ccc4c5ccccc5n(-c5cc(C(C)(C)C)ccn5)c4c3)c2)c2ccccc21. The van der Waals surface area contributed by atoms with Crippen molar-refractivity contribution in [2.24, 2.45) is 0 Å². The number of aryl methyl sites for hydroxylation is 1. The van der Waals surface area contributed by atoms with E-state index in [9.17, 15) is 0 Å². The van der Waals surface area contributed by atoms with Gasteiger partial charge in [-0.15, -0.1) is 0 Å². The smallest absolute Gasteiger partial charge is 0.137 e. The predicted molar refractivity (Wildman–Crippen MR) is 244 cm³/mol. The van der Waals surface area contributed by atoms with E-state index in [4.69, 9.17) is 13.8 Å². The van der Waals surface area contributed by atoms with E-state index in [-0.39, 0.29) is 10.8 Å². The van der Waals surface area contributed by atoms with Gasteiger partial charge in [0.2, 0.25) is 0 Å². The van der Waals surface area contributed by atoms with Crippen molar-refractivity contribution in [1.29, 1.82) is 0 Å². The molecule has 0 atom stereocenters. The molecule has 5 nitrogen and oxygen atoms in total. The van der Waals surface area contributed by atoms with Crippen molar-refractivity contribution < 1.29 is 8.85 Å². The Morgan fingerprint density at radius 2 is 1.36 bits per heavy atom. The predicted octanol–water partition coefficient (Wildman–Crippen LogP) is 13.7. The van der Waals surface area contributed by atoms with Gasteiger partial charge in [-0.3, -0.25) is 4.57 Å². The zero-order chi connectivity index (χ0) is 42.7. The molecule has 0 radical (unpaired) electrons. The molecule has 1 aliphatic rings. The fraction of sp³-hybridized carbons (Fsp3) is 0.226. The third-order valence-electron chi connectivity index (χ3n) is 11.5. The molecule has 0 amide bonds. The first-order chi connectivity index (χ1) is 29.1. The first kappa shape index (κ1) is 33.8. The monoisotopic (exact) mass is 763 g/mol. The Bertz CT molecular complexity index is 2900. The summed E-state index contributed by atoms with van der Waals surface area (Å²) in [6.45, 7) is 12.3. The lowest BCUT2D eigenvalue weighted by atomic mass is 9.85. The highest BCUT2D eigenvalue weighted by Gasteiger charge is 2.27. The van der Waals surface area contributed by atoms with Crippen LogP contribution in [0.15, 0.2) is 152 Å². The molecule has 5 heteroatoms. The average Bonchev–Trinajstić information content (AvgIpc) is 3.77.